The fourth-order valence-electron chi connectivity index (χ4n) is 2.64. The summed E-state index contributed by atoms with van der Waals surface area (Å²) in [4.78, 5) is 14.9. The summed E-state index contributed by atoms with van der Waals surface area (Å²) in [7, 11) is 3.06. The summed E-state index contributed by atoms with van der Waals surface area (Å²) in [6.45, 7) is 3.28. The fourth-order valence-corrected chi connectivity index (χ4v) is 2.64. The second-order valence-electron chi connectivity index (χ2n) is 5.39. The van der Waals surface area contributed by atoms with E-state index in [9.17, 15) is 0 Å². The van der Waals surface area contributed by atoms with Crippen LogP contribution in [0.5, 0.6) is 12.0 Å². The maximum Gasteiger partial charge on any atom is 0.324 e. The van der Waals surface area contributed by atoms with E-state index in [0.717, 1.165) is 12.6 Å². The van der Waals surface area contributed by atoms with E-state index in [1.165, 1.54) is 46.6 Å². The second kappa shape index (κ2) is 5.78. The lowest BCUT2D eigenvalue weighted by atomic mass is 10.1. The van der Waals surface area contributed by atoms with Crippen LogP contribution in [0.2, 0.25) is 0 Å². The van der Waals surface area contributed by atoms with E-state index in [1.807, 2.05) is 0 Å². The van der Waals surface area contributed by atoms with E-state index < -0.39 is 0 Å². The summed E-state index contributed by atoms with van der Waals surface area (Å²) in [6, 6.07) is 1.40. The summed E-state index contributed by atoms with van der Waals surface area (Å²) in [5.74, 6) is 1.17. The van der Waals surface area contributed by atoms with Gasteiger partial charge in [-0.25, -0.2) is 0 Å². The van der Waals surface area contributed by atoms with Crippen molar-refractivity contribution < 1.29 is 9.47 Å². The molecule has 1 unspecified atom stereocenters. The Hall–Kier alpha value is -1.63. The summed E-state index contributed by atoms with van der Waals surface area (Å²) in [5, 5.41) is 3.27. The maximum atomic E-state index is 5.04. The molecule has 1 N–H and O–H groups in total. The van der Waals surface area contributed by atoms with Crippen LogP contribution >= 0.6 is 0 Å². The van der Waals surface area contributed by atoms with Gasteiger partial charge in [0.05, 0.1) is 14.2 Å². The van der Waals surface area contributed by atoms with Gasteiger partial charge in [-0.2, -0.15) is 9.97 Å². The highest BCUT2D eigenvalue weighted by Crippen LogP contribution is 2.31. The van der Waals surface area contributed by atoms with Crippen molar-refractivity contribution >= 4 is 5.95 Å². The van der Waals surface area contributed by atoms with Crippen molar-refractivity contribution in [2.75, 3.05) is 39.2 Å². The second-order valence-corrected chi connectivity index (χ2v) is 5.39. The smallest absolute Gasteiger partial charge is 0.324 e. The SMILES string of the molecule is COc1nc(NCC2CCN(C3CC3)C2)nc(OC)n1. The Labute approximate surface area is 118 Å². The molecule has 0 spiro atoms. The first-order valence-corrected chi connectivity index (χ1v) is 7.10. The molecule has 1 atom stereocenters. The largest absolute Gasteiger partial charge is 0.467 e. The van der Waals surface area contributed by atoms with Gasteiger partial charge in [0.15, 0.2) is 0 Å². The molecular weight excluding hydrogens is 258 g/mol. The molecule has 110 valence electrons. The van der Waals surface area contributed by atoms with Gasteiger partial charge >= 0.3 is 12.0 Å². The Morgan fingerprint density at radius 2 is 1.80 bits per heavy atom. The van der Waals surface area contributed by atoms with Gasteiger partial charge in [-0.05, 0) is 31.7 Å². The number of nitrogens with one attached hydrogen (secondary N) is 1. The molecular formula is C13H21N5O2. The predicted octanol–water partition coefficient (Wildman–Crippen LogP) is 0.785. The van der Waals surface area contributed by atoms with Crippen LogP contribution in [0.3, 0.4) is 0 Å². The van der Waals surface area contributed by atoms with Gasteiger partial charge in [0.25, 0.3) is 0 Å². The minimum atomic E-state index is 0.269. The predicted molar refractivity (Wildman–Crippen MR) is 74.1 cm³/mol. The molecule has 20 heavy (non-hydrogen) atoms. The lowest BCUT2D eigenvalue weighted by Gasteiger charge is -2.15. The first-order chi connectivity index (χ1) is 9.78. The summed E-state index contributed by atoms with van der Waals surface area (Å²) in [5.41, 5.74) is 0. The Balaban J connectivity index is 1.55. The topological polar surface area (TPSA) is 72.4 Å². The van der Waals surface area contributed by atoms with Gasteiger partial charge in [-0.15, -0.1) is 4.98 Å². The van der Waals surface area contributed by atoms with Crippen molar-refractivity contribution in [1.29, 1.82) is 0 Å². The minimum Gasteiger partial charge on any atom is -0.467 e. The quantitative estimate of drug-likeness (QED) is 0.825. The zero-order chi connectivity index (χ0) is 13.9. The van der Waals surface area contributed by atoms with Crippen molar-refractivity contribution in [3.05, 3.63) is 0 Å². The standard InChI is InChI=1S/C13H21N5O2/c1-19-12-15-11(16-13(17-12)20-2)14-7-9-5-6-18(8-9)10-3-4-10/h9-10H,3-8H2,1-2H3,(H,14,15,16,17). The molecule has 0 amide bonds. The van der Waals surface area contributed by atoms with Crippen LogP contribution in [0.1, 0.15) is 19.3 Å². The molecule has 1 aliphatic carbocycles. The average molecular weight is 279 g/mol. The van der Waals surface area contributed by atoms with Crippen molar-refractivity contribution in [2.24, 2.45) is 5.92 Å². The average Bonchev–Trinajstić information content (AvgIpc) is 3.23. The molecule has 2 fully saturated rings. The number of hydrogen-bond donors (Lipinski definition) is 1. The molecule has 0 bridgehead atoms. The number of anilines is 1. The number of likely N-dealkylation sites (tertiary alicyclic amines) is 1. The van der Waals surface area contributed by atoms with E-state index in [2.05, 4.69) is 25.2 Å². The summed E-state index contributed by atoms with van der Waals surface area (Å²) < 4.78 is 10.1. The molecule has 1 saturated carbocycles. The number of methoxy groups -OCH3 is 2. The van der Waals surface area contributed by atoms with E-state index in [-0.39, 0.29) is 12.0 Å². The zero-order valence-corrected chi connectivity index (χ0v) is 12.0. The van der Waals surface area contributed by atoms with E-state index >= 15 is 0 Å². The number of aromatic nitrogens is 3. The highest BCUT2D eigenvalue weighted by Gasteiger charge is 2.34. The van der Waals surface area contributed by atoms with Crippen molar-refractivity contribution in [3.63, 3.8) is 0 Å². The lowest BCUT2D eigenvalue weighted by Crippen LogP contribution is -2.25. The van der Waals surface area contributed by atoms with Crippen LogP contribution in [0.4, 0.5) is 5.95 Å². The van der Waals surface area contributed by atoms with Crippen LogP contribution in [0, 0.1) is 5.92 Å². The monoisotopic (exact) mass is 279 g/mol. The van der Waals surface area contributed by atoms with Gasteiger partial charge in [0.2, 0.25) is 5.95 Å². The first-order valence-electron chi connectivity index (χ1n) is 7.10. The minimum absolute atomic E-state index is 0.269. The van der Waals surface area contributed by atoms with Gasteiger partial charge < -0.3 is 19.7 Å². The Morgan fingerprint density at radius 3 is 2.40 bits per heavy atom. The summed E-state index contributed by atoms with van der Waals surface area (Å²) in [6.07, 6.45) is 3.99. The van der Waals surface area contributed by atoms with E-state index in [1.54, 1.807) is 0 Å². The Kier molecular flexibility index (Phi) is 3.86. The first kappa shape index (κ1) is 13.4. The third kappa shape index (κ3) is 3.09. The van der Waals surface area contributed by atoms with Crippen molar-refractivity contribution in [3.8, 4) is 12.0 Å². The molecule has 1 aliphatic heterocycles. The molecule has 0 aromatic carbocycles. The van der Waals surface area contributed by atoms with Crippen LogP contribution in [-0.2, 0) is 0 Å². The molecule has 2 heterocycles. The Bertz CT molecular complexity index is 444. The molecule has 1 saturated heterocycles. The fraction of sp³-hybridized carbons (Fsp3) is 0.769. The molecule has 3 rings (SSSR count). The third-order valence-electron chi connectivity index (χ3n) is 3.89. The van der Waals surface area contributed by atoms with Crippen molar-refractivity contribution in [2.45, 2.75) is 25.3 Å². The van der Waals surface area contributed by atoms with Crippen LogP contribution in [0.15, 0.2) is 0 Å². The molecule has 7 heteroatoms. The normalized spacial score (nSPS) is 22.8. The van der Waals surface area contributed by atoms with E-state index in [0.29, 0.717) is 11.9 Å². The summed E-state index contributed by atoms with van der Waals surface area (Å²) >= 11 is 0. The van der Waals surface area contributed by atoms with Gasteiger partial charge in [0, 0.05) is 19.1 Å². The van der Waals surface area contributed by atoms with Crippen LogP contribution < -0.4 is 14.8 Å². The molecule has 2 aliphatic rings. The highest BCUT2D eigenvalue weighted by atomic mass is 16.5. The number of ether oxygens (including phenoxy) is 2. The third-order valence-corrected chi connectivity index (χ3v) is 3.89. The van der Waals surface area contributed by atoms with Crippen molar-refractivity contribution in [1.82, 2.24) is 19.9 Å². The number of hydrogen-bond acceptors (Lipinski definition) is 7. The van der Waals surface area contributed by atoms with Crippen LogP contribution in [-0.4, -0.2) is 59.7 Å². The van der Waals surface area contributed by atoms with Gasteiger partial charge in [-0.1, -0.05) is 0 Å². The molecule has 7 nitrogen and oxygen atoms in total. The zero-order valence-electron chi connectivity index (χ0n) is 12.0. The number of rotatable bonds is 6. The molecule has 1 aromatic rings. The van der Waals surface area contributed by atoms with Gasteiger partial charge in [-0.3, -0.25) is 0 Å². The highest BCUT2D eigenvalue weighted by molar-refractivity contribution is 5.27. The Morgan fingerprint density at radius 1 is 1.10 bits per heavy atom. The van der Waals surface area contributed by atoms with Gasteiger partial charge in [0.1, 0.15) is 0 Å². The maximum absolute atomic E-state index is 5.04. The van der Waals surface area contributed by atoms with E-state index in [4.69, 9.17) is 9.47 Å². The number of nitrogens with zero attached hydrogens (tertiary/aromatic N) is 4. The van der Waals surface area contributed by atoms with Crippen LogP contribution in [0.25, 0.3) is 0 Å². The lowest BCUT2D eigenvalue weighted by molar-refractivity contribution is 0.316. The molecule has 0 radical (unpaired) electrons. The molecule has 1 aromatic heterocycles.